The number of ketones is 1. The predicted octanol–water partition coefficient (Wildman–Crippen LogP) is 9.88. The molecule has 0 aromatic carbocycles. The van der Waals surface area contributed by atoms with E-state index in [0.717, 1.165) is 57.3 Å². The lowest BCUT2D eigenvalue weighted by molar-refractivity contribution is -0.161. The van der Waals surface area contributed by atoms with E-state index in [1.807, 2.05) is 6.08 Å². The van der Waals surface area contributed by atoms with Gasteiger partial charge in [0.05, 0.1) is 6.61 Å². The summed E-state index contributed by atoms with van der Waals surface area (Å²) in [6.07, 6.45) is 28.7. The van der Waals surface area contributed by atoms with Gasteiger partial charge in [-0.05, 0) is 44.1 Å². The molecule has 0 aliphatic rings. The molecule has 47 heavy (non-hydrogen) atoms. The monoisotopic (exact) mass is 686 g/mol. The maximum atomic E-state index is 12.3. The van der Waals surface area contributed by atoms with Crippen LogP contribution in [0.15, 0.2) is 24.3 Å². The fourth-order valence-corrected chi connectivity index (χ4v) is 5.43. The third kappa shape index (κ3) is 35.3. The summed E-state index contributed by atoms with van der Waals surface area (Å²) in [6, 6.07) is 0. The van der Waals surface area contributed by atoms with E-state index in [1.54, 1.807) is 12.2 Å². The molecule has 0 saturated heterocycles. The number of carbonyl (C=O) groups excluding carboxylic acids is 3. The lowest BCUT2D eigenvalue weighted by Gasteiger charge is -2.18. The van der Waals surface area contributed by atoms with Crippen molar-refractivity contribution in [3.63, 3.8) is 0 Å². The molecule has 1 atom stereocenters. The molecule has 0 fully saturated rings. The Morgan fingerprint density at radius 3 is 1.74 bits per heavy atom. The quantitative estimate of drug-likeness (QED) is 0.0227. The number of esters is 2. The SMILES string of the molecule is CCCCC/C=C\C=C\C(=O)CCCCCCCC(=O)O[C@H](COC(=O)CCCCCCCCCCCCC(C)C)COP(=O)(O)O. The summed E-state index contributed by atoms with van der Waals surface area (Å²) < 4.78 is 26.2. The van der Waals surface area contributed by atoms with Crippen LogP contribution >= 0.6 is 7.82 Å². The van der Waals surface area contributed by atoms with Crippen molar-refractivity contribution in [3.05, 3.63) is 24.3 Å². The van der Waals surface area contributed by atoms with Crippen molar-refractivity contribution in [2.75, 3.05) is 13.2 Å². The molecule has 0 aromatic heterocycles. The topological polar surface area (TPSA) is 136 Å². The highest BCUT2D eigenvalue weighted by Gasteiger charge is 2.22. The number of hydrogen-bond acceptors (Lipinski definition) is 7. The maximum absolute atomic E-state index is 12.3. The zero-order valence-electron chi connectivity index (χ0n) is 29.8. The zero-order valence-corrected chi connectivity index (χ0v) is 30.7. The summed E-state index contributed by atoms with van der Waals surface area (Å²) in [7, 11) is -4.78. The van der Waals surface area contributed by atoms with Gasteiger partial charge in [-0.3, -0.25) is 18.9 Å². The molecule has 0 aliphatic heterocycles. The molecule has 0 aromatic rings. The lowest BCUT2D eigenvalue weighted by Crippen LogP contribution is -2.29. The first-order chi connectivity index (χ1) is 22.5. The normalized spacial score (nSPS) is 12.7. The number of rotatable bonds is 33. The van der Waals surface area contributed by atoms with Gasteiger partial charge >= 0.3 is 19.8 Å². The lowest BCUT2D eigenvalue weighted by atomic mass is 10.0. The summed E-state index contributed by atoms with van der Waals surface area (Å²) in [6.45, 7) is 5.82. The Morgan fingerprint density at radius 1 is 0.660 bits per heavy atom. The van der Waals surface area contributed by atoms with E-state index in [9.17, 15) is 18.9 Å². The largest absolute Gasteiger partial charge is 0.469 e. The highest BCUT2D eigenvalue weighted by molar-refractivity contribution is 7.46. The average Bonchev–Trinajstić information content (AvgIpc) is 3.01. The van der Waals surface area contributed by atoms with Gasteiger partial charge in [-0.2, -0.15) is 0 Å². The predicted molar refractivity (Wildman–Crippen MR) is 189 cm³/mol. The number of unbranched alkanes of at least 4 members (excludes halogenated alkanes) is 16. The molecule has 0 amide bonds. The average molecular weight is 687 g/mol. The second-order valence-electron chi connectivity index (χ2n) is 13.1. The van der Waals surface area contributed by atoms with Crippen molar-refractivity contribution >= 4 is 25.5 Å². The fraction of sp³-hybridized carbons (Fsp3) is 0.811. The second kappa shape index (κ2) is 31.5. The van der Waals surface area contributed by atoms with Crippen molar-refractivity contribution in [1.82, 2.24) is 0 Å². The van der Waals surface area contributed by atoms with Gasteiger partial charge in [-0.1, -0.05) is 135 Å². The van der Waals surface area contributed by atoms with Gasteiger partial charge in [0.25, 0.3) is 0 Å². The Kier molecular flexibility index (Phi) is 30.3. The number of phosphoric acid groups is 1. The molecule has 0 heterocycles. The number of carbonyl (C=O) groups is 3. The number of phosphoric ester groups is 1. The van der Waals surface area contributed by atoms with Crippen LogP contribution in [0.3, 0.4) is 0 Å². The molecule has 10 heteroatoms. The summed E-state index contributed by atoms with van der Waals surface area (Å²) in [5.41, 5.74) is 0. The van der Waals surface area contributed by atoms with Crippen molar-refractivity contribution in [2.45, 2.75) is 175 Å². The van der Waals surface area contributed by atoms with E-state index in [1.165, 1.54) is 64.2 Å². The molecular formula is C37H67O9P. The van der Waals surface area contributed by atoms with Crippen LogP contribution in [-0.2, 0) is 32.9 Å². The third-order valence-corrected chi connectivity index (χ3v) is 8.36. The first-order valence-electron chi connectivity index (χ1n) is 18.4. The number of ether oxygens (including phenoxy) is 2. The molecule has 2 N–H and O–H groups in total. The minimum Gasteiger partial charge on any atom is -0.462 e. The van der Waals surface area contributed by atoms with Gasteiger partial charge in [0.15, 0.2) is 11.9 Å². The Labute approximate surface area is 285 Å². The maximum Gasteiger partial charge on any atom is 0.469 e. The van der Waals surface area contributed by atoms with Crippen molar-refractivity contribution in [2.24, 2.45) is 5.92 Å². The van der Waals surface area contributed by atoms with Gasteiger partial charge in [0, 0.05) is 19.3 Å². The van der Waals surface area contributed by atoms with E-state index in [2.05, 4.69) is 31.4 Å². The summed E-state index contributed by atoms with van der Waals surface area (Å²) in [5.74, 6) is -0.0728. The van der Waals surface area contributed by atoms with Crippen LogP contribution in [0.1, 0.15) is 168 Å². The molecular weight excluding hydrogens is 619 g/mol. The third-order valence-electron chi connectivity index (χ3n) is 7.88. The van der Waals surface area contributed by atoms with Crippen molar-refractivity contribution < 1.29 is 42.7 Å². The van der Waals surface area contributed by atoms with Crippen LogP contribution < -0.4 is 0 Å². The molecule has 0 aliphatic carbocycles. The van der Waals surface area contributed by atoms with Crippen LogP contribution in [0.2, 0.25) is 0 Å². The second-order valence-corrected chi connectivity index (χ2v) is 14.3. The van der Waals surface area contributed by atoms with Gasteiger partial charge in [-0.15, -0.1) is 0 Å². The standard InChI is InChI=1S/C37H67O9P/c1-4-5-6-7-12-17-22-27-34(38)28-23-18-15-20-25-30-37(40)46-35(32-45-47(41,42)43)31-44-36(39)29-24-19-14-11-9-8-10-13-16-21-26-33(2)3/h12,17,22,27,33,35H,4-11,13-16,18-21,23-26,28-32H2,1-3H3,(H2,41,42,43)/b17-12-,27-22+/t35-/m1/s1. The number of hydrogen-bond donors (Lipinski definition) is 2. The Balaban J connectivity index is 4.07. The molecule has 9 nitrogen and oxygen atoms in total. The molecule has 0 saturated carbocycles. The minimum absolute atomic E-state index is 0.111. The van der Waals surface area contributed by atoms with E-state index >= 15 is 0 Å². The molecule has 0 bridgehead atoms. The van der Waals surface area contributed by atoms with Crippen molar-refractivity contribution in [1.29, 1.82) is 0 Å². The first kappa shape index (κ1) is 45.2. The van der Waals surface area contributed by atoms with Crippen LogP contribution in [0, 0.1) is 5.92 Å². The Bertz CT molecular complexity index is 894. The summed E-state index contributed by atoms with van der Waals surface area (Å²) in [4.78, 5) is 54.6. The molecule has 274 valence electrons. The smallest absolute Gasteiger partial charge is 0.462 e. The van der Waals surface area contributed by atoms with Gasteiger partial charge in [0.2, 0.25) is 0 Å². The summed E-state index contributed by atoms with van der Waals surface area (Å²) in [5, 5.41) is 0. The van der Waals surface area contributed by atoms with Crippen LogP contribution in [0.25, 0.3) is 0 Å². The van der Waals surface area contributed by atoms with Gasteiger partial charge < -0.3 is 19.3 Å². The zero-order chi connectivity index (χ0) is 35.0. The molecule has 0 rings (SSSR count). The highest BCUT2D eigenvalue weighted by Crippen LogP contribution is 2.36. The van der Waals surface area contributed by atoms with E-state index < -0.39 is 32.5 Å². The van der Waals surface area contributed by atoms with Crippen LogP contribution in [0.4, 0.5) is 0 Å². The Morgan fingerprint density at radius 2 is 1.19 bits per heavy atom. The molecule has 0 spiro atoms. The van der Waals surface area contributed by atoms with E-state index in [0.29, 0.717) is 19.3 Å². The first-order valence-corrected chi connectivity index (χ1v) is 20.0. The van der Waals surface area contributed by atoms with E-state index in [-0.39, 0.29) is 25.2 Å². The van der Waals surface area contributed by atoms with Gasteiger partial charge in [-0.25, -0.2) is 4.57 Å². The van der Waals surface area contributed by atoms with E-state index in [4.69, 9.17) is 19.3 Å². The molecule has 0 radical (unpaired) electrons. The Hall–Kier alpha value is -1.80. The van der Waals surface area contributed by atoms with Crippen LogP contribution in [0.5, 0.6) is 0 Å². The highest BCUT2D eigenvalue weighted by atomic mass is 31.2. The number of allylic oxidation sites excluding steroid dienone is 4. The van der Waals surface area contributed by atoms with Crippen molar-refractivity contribution in [3.8, 4) is 0 Å². The fourth-order valence-electron chi connectivity index (χ4n) is 5.07. The van der Waals surface area contributed by atoms with Crippen LogP contribution in [-0.4, -0.2) is 46.8 Å². The minimum atomic E-state index is -4.78. The van der Waals surface area contributed by atoms with Gasteiger partial charge in [0.1, 0.15) is 6.61 Å². The molecule has 0 unspecified atom stereocenters. The summed E-state index contributed by atoms with van der Waals surface area (Å²) >= 11 is 0.